The summed E-state index contributed by atoms with van der Waals surface area (Å²) in [4.78, 5) is 21.9. The zero-order valence-electron chi connectivity index (χ0n) is 9.45. The highest BCUT2D eigenvalue weighted by atomic mass is 16.5. The minimum Gasteiger partial charge on any atom is -0.463 e. The van der Waals surface area contributed by atoms with Crippen molar-refractivity contribution in [3.8, 4) is 0 Å². The van der Waals surface area contributed by atoms with Crippen molar-refractivity contribution in [2.24, 2.45) is 11.1 Å². The van der Waals surface area contributed by atoms with Crippen LogP contribution in [0.15, 0.2) is 0 Å². The van der Waals surface area contributed by atoms with E-state index in [9.17, 15) is 14.7 Å². The average Bonchev–Trinajstić information content (AvgIpc) is 2.13. The average molecular weight is 217 g/mol. The highest BCUT2D eigenvalue weighted by Gasteiger charge is 2.27. The minimum atomic E-state index is -1.01. The van der Waals surface area contributed by atoms with Crippen LogP contribution >= 0.6 is 0 Å². The Morgan fingerprint density at radius 2 is 2.00 bits per heavy atom. The number of hydrogen-bond donors (Lipinski definition) is 2. The molecule has 15 heavy (non-hydrogen) atoms. The third-order valence-corrected chi connectivity index (χ3v) is 2.28. The monoisotopic (exact) mass is 217 g/mol. The van der Waals surface area contributed by atoms with Crippen LogP contribution in [0.25, 0.3) is 0 Å². The molecule has 0 spiro atoms. The van der Waals surface area contributed by atoms with E-state index in [1.807, 2.05) is 6.92 Å². The number of nitrogens with two attached hydrogens (primary N) is 1. The van der Waals surface area contributed by atoms with Crippen LogP contribution in [0.1, 0.15) is 33.6 Å². The normalized spacial score (nSPS) is 13.3. The molecule has 0 aliphatic carbocycles. The van der Waals surface area contributed by atoms with Crippen LogP contribution in [0.2, 0.25) is 0 Å². The maximum absolute atomic E-state index is 11.4. The highest BCUT2D eigenvalue weighted by Crippen LogP contribution is 2.21. The number of aliphatic hydroxyl groups is 1. The fraction of sp³-hybridized carbons (Fsp3) is 0.800. The van der Waals surface area contributed by atoms with Gasteiger partial charge in [0.1, 0.15) is 6.61 Å². The molecule has 0 rings (SSSR count). The van der Waals surface area contributed by atoms with Crippen molar-refractivity contribution >= 4 is 11.9 Å². The SMILES string of the molecule is CCC(C)(C)C(=O)OCC(O)CC(N)=O. The molecule has 0 aliphatic rings. The van der Waals surface area contributed by atoms with Crippen molar-refractivity contribution in [2.45, 2.75) is 39.7 Å². The molecule has 0 saturated carbocycles. The quantitative estimate of drug-likeness (QED) is 0.622. The summed E-state index contributed by atoms with van der Waals surface area (Å²) in [5, 5.41) is 9.23. The lowest BCUT2D eigenvalue weighted by atomic mass is 9.91. The molecule has 0 radical (unpaired) electrons. The lowest BCUT2D eigenvalue weighted by molar-refractivity contribution is -0.157. The molecule has 0 aromatic carbocycles. The van der Waals surface area contributed by atoms with E-state index in [2.05, 4.69) is 0 Å². The first kappa shape index (κ1) is 13.9. The molecule has 0 fully saturated rings. The van der Waals surface area contributed by atoms with Gasteiger partial charge in [-0.1, -0.05) is 6.92 Å². The Morgan fingerprint density at radius 3 is 2.40 bits per heavy atom. The van der Waals surface area contributed by atoms with Gasteiger partial charge < -0.3 is 15.6 Å². The van der Waals surface area contributed by atoms with Crippen molar-refractivity contribution in [1.82, 2.24) is 0 Å². The third kappa shape index (κ3) is 5.37. The van der Waals surface area contributed by atoms with E-state index in [0.29, 0.717) is 6.42 Å². The van der Waals surface area contributed by atoms with Crippen LogP contribution in [-0.2, 0) is 14.3 Å². The van der Waals surface area contributed by atoms with Gasteiger partial charge in [0, 0.05) is 0 Å². The third-order valence-electron chi connectivity index (χ3n) is 2.28. The fourth-order valence-electron chi connectivity index (χ4n) is 0.803. The smallest absolute Gasteiger partial charge is 0.311 e. The minimum absolute atomic E-state index is 0.189. The summed E-state index contributed by atoms with van der Waals surface area (Å²) < 4.78 is 4.86. The molecule has 0 bridgehead atoms. The molecule has 0 heterocycles. The lowest BCUT2D eigenvalue weighted by Gasteiger charge is -2.21. The molecule has 1 unspecified atom stereocenters. The predicted molar refractivity (Wildman–Crippen MR) is 54.8 cm³/mol. The topological polar surface area (TPSA) is 89.6 Å². The second-order valence-electron chi connectivity index (χ2n) is 4.16. The number of amides is 1. The zero-order valence-corrected chi connectivity index (χ0v) is 9.45. The van der Waals surface area contributed by atoms with E-state index in [-0.39, 0.29) is 19.0 Å². The Labute approximate surface area is 89.6 Å². The van der Waals surface area contributed by atoms with E-state index in [0.717, 1.165) is 0 Å². The summed E-state index contributed by atoms with van der Waals surface area (Å²) in [6.45, 7) is 5.21. The zero-order chi connectivity index (χ0) is 12.1. The van der Waals surface area contributed by atoms with Crippen molar-refractivity contribution in [2.75, 3.05) is 6.61 Å². The van der Waals surface area contributed by atoms with Gasteiger partial charge in [-0.25, -0.2) is 0 Å². The Balaban J connectivity index is 3.95. The van der Waals surface area contributed by atoms with Crippen molar-refractivity contribution in [3.05, 3.63) is 0 Å². The number of primary amides is 1. The molecule has 88 valence electrons. The lowest BCUT2D eigenvalue weighted by Crippen LogP contribution is -2.30. The number of aliphatic hydroxyl groups excluding tert-OH is 1. The van der Waals surface area contributed by atoms with Gasteiger partial charge in [-0.3, -0.25) is 9.59 Å². The largest absolute Gasteiger partial charge is 0.463 e. The molecule has 3 N–H and O–H groups in total. The molecule has 1 amide bonds. The summed E-state index contributed by atoms with van der Waals surface area (Å²) in [7, 11) is 0. The van der Waals surface area contributed by atoms with E-state index < -0.39 is 17.4 Å². The number of carbonyl (C=O) groups is 2. The fourth-order valence-corrected chi connectivity index (χ4v) is 0.803. The molecule has 5 heteroatoms. The summed E-state index contributed by atoms with van der Waals surface area (Å²) in [5.41, 5.74) is 4.31. The van der Waals surface area contributed by atoms with E-state index >= 15 is 0 Å². The summed E-state index contributed by atoms with van der Waals surface area (Å²) in [6, 6.07) is 0. The first-order valence-corrected chi connectivity index (χ1v) is 4.93. The number of ether oxygens (including phenoxy) is 1. The van der Waals surface area contributed by atoms with Crippen molar-refractivity contribution < 1.29 is 19.4 Å². The van der Waals surface area contributed by atoms with Gasteiger partial charge in [0.2, 0.25) is 5.91 Å². The Bertz CT molecular complexity index is 238. The van der Waals surface area contributed by atoms with E-state index in [1.165, 1.54) is 0 Å². The van der Waals surface area contributed by atoms with Gasteiger partial charge in [-0.15, -0.1) is 0 Å². The van der Waals surface area contributed by atoms with Crippen LogP contribution in [-0.4, -0.2) is 29.7 Å². The van der Waals surface area contributed by atoms with Gasteiger partial charge >= 0.3 is 5.97 Å². The first-order valence-electron chi connectivity index (χ1n) is 4.93. The molecule has 0 aromatic rings. The van der Waals surface area contributed by atoms with Gasteiger partial charge in [0.05, 0.1) is 17.9 Å². The molecule has 1 atom stereocenters. The summed E-state index contributed by atoms with van der Waals surface area (Å²) >= 11 is 0. The molecular formula is C10H19NO4. The summed E-state index contributed by atoms with van der Waals surface area (Å²) in [6.07, 6.45) is -0.559. The van der Waals surface area contributed by atoms with Crippen LogP contribution in [0.4, 0.5) is 0 Å². The second kappa shape index (κ2) is 5.70. The van der Waals surface area contributed by atoms with Crippen LogP contribution in [0.3, 0.4) is 0 Å². The standard InChI is InChI=1S/C10H19NO4/c1-4-10(2,3)9(14)15-6-7(12)5-8(11)13/h7,12H,4-6H2,1-3H3,(H2,11,13). The van der Waals surface area contributed by atoms with Crippen LogP contribution in [0, 0.1) is 5.41 Å². The van der Waals surface area contributed by atoms with E-state index in [4.69, 9.17) is 10.5 Å². The molecule has 0 aromatic heterocycles. The maximum atomic E-state index is 11.4. The van der Waals surface area contributed by atoms with Crippen LogP contribution in [0.5, 0.6) is 0 Å². The Hall–Kier alpha value is -1.10. The summed E-state index contributed by atoms with van der Waals surface area (Å²) in [5.74, 6) is -0.998. The Kier molecular flexibility index (Phi) is 5.28. The molecule has 0 aliphatic heterocycles. The van der Waals surface area contributed by atoms with Gasteiger partial charge in [-0.2, -0.15) is 0 Å². The first-order chi connectivity index (χ1) is 6.79. The number of hydrogen-bond acceptors (Lipinski definition) is 4. The van der Waals surface area contributed by atoms with Gasteiger partial charge in [0.25, 0.3) is 0 Å². The number of rotatable bonds is 6. The second-order valence-corrected chi connectivity index (χ2v) is 4.16. The molecular weight excluding hydrogens is 198 g/mol. The number of esters is 1. The van der Waals surface area contributed by atoms with Gasteiger partial charge in [0.15, 0.2) is 0 Å². The van der Waals surface area contributed by atoms with Crippen molar-refractivity contribution in [3.63, 3.8) is 0 Å². The highest BCUT2D eigenvalue weighted by molar-refractivity contribution is 5.76. The van der Waals surface area contributed by atoms with Gasteiger partial charge in [-0.05, 0) is 20.3 Å². The van der Waals surface area contributed by atoms with E-state index in [1.54, 1.807) is 13.8 Å². The van der Waals surface area contributed by atoms with Crippen molar-refractivity contribution in [1.29, 1.82) is 0 Å². The Morgan fingerprint density at radius 1 is 1.47 bits per heavy atom. The molecule has 0 saturated heterocycles. The predicted octanol–water partition coefficient (Wildman–Crippen LogP) is 0.202. The number of carbonyl (C=O) groups excluding carboxylic acids is 2. The van der Waals surface area contributed by atoms with Crippen LogP contribution < -0.4 is 5.73 Å². The maximum Gasteiger partial charge on any atom is 0.311 e. The molecule has 5 nitrogen and oxygen atoms in total.